The van der Waals surface area contributed by atoms with Crippen LogP contribution >= 0.6 is 0 Å². The molecule has 64 valence electrons. The molecule has 1 rings (SSSR count). The average molecular weight is 164 g/mol. The van der Waals surface area contributed by atoms with Gasteiger partial charge in [-0.25, -0.2) is 0 Å². The Kier molecular flexibility index (Phi) is 2.69. The van der Waals surface area contributed by atoms with E-state index in [9.17, 15) is 0 Å². The molecule has 0 aliphatic carbocycles. The summed E-state index contributed by atoms with van der Waals surface area (Å²) in [4.78, 5) is 4.03. The van der Waals surface area contributed by atoms with Crippen LogP contribution in [-0.2, 0) is 0 Å². The summed E-state index contributed by atoms with van der Waals surface area (Å²) in [5, 5.41) is 12.0. The molecule has 0 bridgehead atoms. The summed E-state index contributed by atoms with van der Waals surface area (Å²) in [7, 11) is 3.54. The highest BCUT2D eigenvalue weighted by Crippen LogP contribution is 2.09. The Hall–Kier alpha value is -1.51. The molecule has 0 aliphatic heterocycles. The van der Waals surface area contributed by atoms with Crippen LogP contribution in [0.1, 0.15) is 5.56 Å². The number of aromatic hydroxyl groups is 1. The van der Waals surface area contributed by atoms with Crippen molar-refractivity contribution in [2.24, 2.45) is 4.99 Å². The number of aliphatic imine (C=N–C) groups is 1. The van der Waals surface area contributed by atoms with E-state index in [1.807, 2.05) is 19.2 Å². The Morgan fingerprint density at radius 1 is 1.33 bits per heavy atom. The number of amidine groups is 1. The maximum absolute atomic E-state index is 9.02. The van der Waals surface area contributed by atoms with E-state index in [1.54, 1.807) is 19.2 Å². The standard InChI is InChI=1S/C9H12N2O/c1-10-9(11-2)7-3-5-8(12)6-4-7/h3-6,12H,1-2H3,(H,10,11). The zero-order valence-corrected chi connectivity index (χ0v) is 7.20. The molecular formula is C9H12N2O. The van der Waals surface area contributed by atoms with E-state index in [-0.39, 0.29) is 5.75 Å². The third-order valence-corrected chi connectivity index (χ3v) is 1.60. The van der Waals surface area contributed by atoms with Crippen LogP contribution in [0.15, 0.2) is 29.3 Å². The van der Waals surface area contributed by atoms with E-state index in [0.29, 0.717) is 0 Å². The first-order valence-corrected chi connectivity index (χ1v) is 3.72. The molecule has 0 saturated heterocycles. The van der Waals surface area contributed by atoms with Crippen LogP contribution in [0, 0.1) is 0 Å². The van der Waals surface area contributed by atoms with Gasteiger partial charge in [0, 0.05) is 19.7 Å². The average Bonchev–Trinajstić information content (AvgIpc) is 2.10. The van der Waals surface area contributed by atoms with Crippen LogP contribution in [0.4, 0.5) is 0 Å². The normalized spacial score (nSPS) is 11.3. The van der Waals surface area contributed by atoms with Crippen molar-refractivity contribution < 1.29 is 5.11 Å². The minimum absolute atomic E-state index is 0.269. The van der Waals surface area contributed by atoms with Crippen molar-refractivity contribution in [2.45, 2.75) is 0 Å². The summed E-state index contributed by atoms with van der Waals surface area (Å²) in [5.41, 5.74) is 0.970. The van der Waals surface area contributed by atoms with Gasteiger partial charge in [0.2, 0.25) is 0 Å². The second-order valence-electron chi connectivity index (χ2n) is 2.37. The maximum atomic E-state index is 9.02. The molecule has 0 saturated carbocycles. The molecule has 0 aromatic heterocycles. The van der Waals surface area contributed by atoms with Crippen molar-refractivity contribution in [1.29, 1.82) is 0 Å². The lowest BCUT2D eigenvalue weighted by Crippen LogP contribution is -2.18. The fourth-order valence-corrected chi connectivity index (χ4v) is 1.00. The molecule has 0 aliphatic rings. The summed E-state index contributed by atoms with van der Waals surface area (Å²) in [6.45, 7) is 0. The minimum Gasteiger partial charge on any atom is -0.508 e. The zero-order valence-electron chi connectivity index (χ0n) is 7.20. The lowest BCUT2D eigenvalue weighted by molar-refractivity contribution is 0.475. The quantitative estimate of drug-likeness (QED) is 0.480. The number of phenols is 1. The van der Waals surface area contributed by atoms with Gasteiger partial charge in [-0.1, -0.05) is 0 Å². The fraction of sp³-hybridized carbons (Fsp3) is 0.222. The number of phenolic OH excluding ortho intramolecular Hbond substituents is 1. The Balaban J connectivity index is 2.96. The van der Waals surface area contributed by atoms with Crippen molar-refractivity contribution in [2.75, 3.05) is 14.1 Å². The number of benzene rings is 1. The van der Waals surface area contributed by atoms with Gasteiger partial charge in [0.15, 0.2) is 0 Å². The van der Waals surface area contributed by atoms with Crippen molar-refractivity contribution in [3.63, 3.8) is 0 Å². The van der Waals surface area contributed by atoms with E-state index >= 15 is 0 Å². The van der Waals surface area contributed by atoms with Crippen LogP contribution in [-0.4, -0.2) is 25.0 Å². The summed E-state index contributed by atoms with van der Waals surface area (Å²) in [6.07, 6.45) is 0. The lowest BCUT2D eigenvalue weighted by Gasteiger charge is -2.03. The van der Waals surface area contributed by atoms with Gasteiger partial charge in [-0.3, -0.25) is 4.99 Å². The summed E-state index contributed by atoms with van der Waals surface area (Å²) in [5.74, 6) is 1.08. The molecule has 2 N–H and O–H groups in total. The van der Waals surface area contributed by atoms with E-state index in [2.05, 4.69) is 10.3 Å². The van der Waals surface area contributed by atoms with Crippen LogP contribution in [0.25, 0.3) is 0 Å². The molecule has 3 nitrogen and oxygen atoms in total. The van der Waals surface area contributed by atoms with Gasteiger partial charge in [0.1, 0.15) is 11.6 Å². The van der Waals surface area contributed by atoms with Crippen molar-refractivity contribution in [3.8, 4) is 5.75 Å². The lowest BCUT2D eigenvalue weighted by atomic mass is 10.2. The Bertz CT molecular complexity index is 277. The smallest absolute Gasteiger partial charge is 0.127 e. The molecule has 0 radical (unpaired) electrons. The van der Waals surface area contributed by atoms with Crippen LogP contribution in [0.2, 0.25) is 0 Å². The van der Waals surface area contributed by atoms with Gasteiger partial charge >= 0.3 is 0 Å². The first-order chi connectivity index (χ1) is 5.77. The second-order valence-corrected chi connectivity index (χ2v) is 2.37. The summed E-state index contributed by atoms with van der Waals surface area (Å²) >= 11 is 0. The van der Waals surface area contributed by atoms with Gasteiger partial charge in [-0.15, -0.1) is 0 Å². The monoisotopic (exact) mass is 164 g/mol. The third-order valence-electron chi connectivity index (χ3n) is 1.60. The fourth-order valence-electron chi connectivity index (χ4n) is 1.00. The van der Waals surface area contributed by atoms with Gasteiger partial charge < -0.3 is 10.4 Å². The molecule has 3 heteroatoms. The van der Waals surface area contributed by atoms with Crippen molar-refractivity contribution in [3.05, 3.63) is 29.8 Å². The molecule has 0 atom stereocenters. The van der Waals surface area contributed by atoms with Crippen molar-refractivity contribution in [1.82, 2.24) is 5.32 Å². The van der Waals surface area contributed by atoms with E-state index in [0.717, 1.165) is 11.4 Å². The maximum Gasteiger partial charge on any atom is 0.127 e. The zero-order chi connectivity index (χ0) is 8.97. The predicted octanol–water partition coefficient (Wildman–Crippen LogP) is 0.988. The highest BCUT2D eigenvalue weighted by molar-refractivity contribution is 5.98. The second kappa shape index (κ2) is 3.76. The molecule has 0 unspecified atom stereocenters. The van der Waals surface area contributed by atoms with Gasteiger partial charge in [0.05, 0.1) is 0 Å². The van der Waals surface area contributed by atoms with Crippen LogP contribution in [0.3, 0.4) is 0 Å². The molecule has 1 aromatic rings. The largest absolute Gasteiger partial charge is 0.508 e. The number of hydrogen-bond donors (Lipinski definition) is 2. The Labute approximate surface area is 71.8 Å². The van der Waals surface area contributed by atoms with Gasteiger partial charge in [-0.2, -0.15) is 0 Å². The molecule has 12 heavy (non-hydrogen) atoms. The topological polar surface area (TPSA) is 44.6 Å². The molecule has 0 heterocycles. The van der Waals surface area contributed by atoms with Crippen LogP contribution in [0.5, 0.6) is 5.75 Å². The number of nitrogens with one attached hydrogen (secondary N) is 1. The van der Waals surface area contributed by atoms with E-state index < -0.39 is 0 Å². The van der Waals surface area contributed by atoms with Gasteiger partial charge in [0.25, 0.3) is 0 Å². The SMILES string of the molecule is CN=C(NC)c1ccc(O)cc1. The third kappa shape index (κ3) is 1.75. The Morgan fingerprint density at radius 3 is 2.33 bits per heavy atom. The van der Waals surface area contributed by atoms with Crippen molar-refractivity contribution >= 4 is 5.84 Å². The van der Waals surface area contributed by atoms with E-state index in [4.69, 9.17) is 5.11 Å². The highest BCUT2D eigenvalue weighted by atomic mass is 16.3. The first-order valence-electron chi connectivity index (χ1n) is 3.72. The molecule has 0 fully saturated rings. The van der Waals surface area contributed by atoms with E-state index in [1.165, 1.54) is 0 Å². The number of hydrogen-bond acceptors (Lipinski definition) is 2. The molecular weight excluding hydrogens is 152 g/mol. The molecule has 0 amide bonds. The predicted molar refractivity (Wildman–Crippen MR) is 49.6 cm³/mol. The first kappa shape index (κ1) is 8.59. The van der Waals surface area contributed by atoms with Gasteiger partial charge in [-0.05, 0) is 24.3 Å². The molecule has 1 aromatic carbocycles. The van der Waals surface area contributed by atoms with Crippen LogP contribution < -0.4 is 5.32 Å². The molecule has 0 spiro atoms. The number of nitrogens with zero attached hydrogens (tertiary/aromatic N) is 1. The number of rotatable bonds is 1. The minimum atomic E-state index is 0.269. The summed E-state index contributed by atoms with van der Waals surface area (Å²) in [6, 6.07) is 6.90. The highest BCUT2D eigenvalue weighted by Gasteiger charge is 1.98. The Morgan fingerprint density at radius 2 is 1.92 bits per heavy atom. The summed E-state index contributed by atoms with van der Waals surface area (Å²) < 4.78 is 0.